The normalized spacial score (nSPS) is 19.1. The largest absolute Gasteiger partial charge is 0.420 e. The maximum atomic E-state index is 9.85. The smallest absolute Gasteiger partial charge is 0.244 e. The molecule has 0 radical (unpaired) electrons. The Labute approximate surface area is 176 Å². The predicted molar refractivity (Wildman–Crippen MR) is 116 cm³/mol. The van der Waals surface area contributed by atoms with Gasteiger partial charge >= 0.3 is 0 Å². The molecule has 0 amide bonds. The molecule has 5 rings (SSSR count). The lowest BCUT2D eigenvalue weighted by atomic mass is 9.72. The van der Waals surface area contributed by atoms with Crippen LogP contribution in [0.3, 0.4) is 0 Å². The summed E-state index contributed by atoms with van der Waals surface area (Å²) in [6.45, 7) is 0. The summed E-state index contributed by atoms with van der Waals surface area (Å²) in [6, 6.07) is 21.1. The Balaban J connectivity index is 1.56. The van der Waals surface area contributed by atoms with Gasteiger partial charge in [0.15, 0.2) is 0 Å². The average Bonchev–Trinajstić information content (AvgIpc) is 3.22. The molecule has 1 atom stereocenters. The monoisotopic (exact) mass is 396 g/mol. The summed E-state index contributed by atoms with van der Waals surface area (Å²) >= 11 is 0. The fourth-order valence-corrected chi connectivity index (χ4v) is 4.90. The van der Waals surface area contributed by atoms with E-state index in [1.54, 1.807) is 0 Å². The first-order valence-corrected chi connectivity index (χ1v) is 10.6. The second-order valence-corrected chi connectivity index (χ2v) is 8.13. The van der Waals surface area contributed by atoms with Gasteiger partial charge in [-0.15, -0.1) is 5.10 Å². The number of nitriles is 1. The number of fused-ring (bicyclic) bond motifs is 1. The summed E-state index contributed by atoms with van der Waals surface area (Å²) in [5, 5.41) is 17.4. The molecule has 1 aromatic heterocycles. The van der Waals surface area contributed by atoms with Gasteiger partial charge in [0.25, 0.3) is 0 Å². The lowest BCUT2D eigenvalue weighted by Crippen LogP contribution is -2.26. The minimum atomic E-state index is -0.0680. The van der Waals surface area contributed by atoms with Crippen LogP contribution in [0.25, 0.3) is 22.4 Å². The van der Waals surface area contributed by atoms with Gasteiger partial charge in [0.2, 0.25) is 11.8 Å². The Morgan fingerprint density at radius 2 is 1.60 bits per heavy atom. The van der Waals surface area contributed by atoms with Gasteiger partial charge in [-0.3, -0.25) is 5.10 Å². The van der Waals surface area contributed by atoms with Crippen molar-refractivity contribution in [2.24, 2.45) is 11.7 Å². The molecule has 30 heavy (non-hydrogen) atoms. The molecular formula is C25H24N4O. The topological polar surface area (TPSA) is 87.7 Å². The van der Waals surface area contributed by atoms with E-state index in [0.29, 0.717) is 17.4 Å². The highest BCUT2D eigenvalue weighted by atomic mass is 16.5. The highest BCUT2D eigenvalue weighted by Crippen LogP contribution is 2.49. The molecule has 2 aliphatic rings. The second kappa shape index (κ2) is 7.72. The van der Waals surface area contributed by atoms with Crippen molar-refractivity contribution in [3.05, 3.63) is 71.6 Å². The first-order valence-electron chi connectivity index (χ1n) is 10.6. The van der Waals surface area contributed by atoms with Crippen molar-refractivity contribution in [3.8, 4) is 34.3 Å². The van der Waals surface area contributed by atoms with Gasteiger partial charge in [-0.25, -0.2) is 0 Å². The van der Waals surface area contributed by atoms with Gasteiger partial charge < -0.3 is 10.5 Å². The molecule has 0 saturated heterocycles. The third-order valence-electron chi connectivity index (χ3n) is 6.39. The summed E-state index contributed by atoms with van der Waals surface area (Å²) in [5.74, 6) is 1.01. The van der Waals surface area contributed by atoms with Crippen LogP contribution in [0, 0.1) is 17.2 Å². The van der Waals surface area contributed by atoms with E-state index in [9.17, 15) is 5.26 Å². The molecule has 3 aromatic rings. The van der Waals surface area contributed by atoms with Gasteiger partial charge in [0, 0.05) is 11.5 Å². The van der Waals surface area contributed by atoms with E-state index in [-0.39, 0.29) is 11.8 Å². The molecule has 1 fully saturated rings. The Bertz CT molecular complexity index is 1120. The number of allylic oxidation sites excluding steroid dienone is 1. The Morgan fingerprint density at radius 3 is 2.30 bits per heavy atom. The van der Waals surface area contributed by atoms with Crippen LogP contribution in [0.2, 0.25) is 0 Å². The fraction of sp³-hybridized carbons (Fsp3) is 0.280. The molecule has 0 unspecified atom stereocenters. The maximum Gasteiger partial charge on any atom is 0.244 e. The van der Waals surface area contributed by atoms with Crippen LogP contribution in [0.15, 0.2) is 66.1 Å². The number of aromatic nitrogens is 2. The molecule has 1 aliphatic carbocycles. The van der Waals surface area contributed by atoms with Gasteiger partial charge in [-0.05, 0) is 29.9 Å². The van der Waals surface area contributed by atoms with Crippen LogP contribution in [0.5, 0.6) is 5.88 Å². The quantitative estimate of drug-likeness (QED) is 0.612. The van der Waals surface area contributed by atoms with E-state index in [0.717, 1.165) is 35.2 Å². The van der Waals surface area contributed by atoms with E-state index in [2.05, 4.69) is 52.7 Å². The van der Waals surface area contributed by atoms with Crippen molar-refractivity contribution >= 4 is 0 Å². The number of aromatic amines is 1. The molecule has 5 heteroatoms. The van der Waals surface area contributed by atoms with Crippen LogP contribution in [0.4, 0.5) is 0 Å². The number of H-pyrrole nitrogens is 1. The van der Waals surface area contributed by atoms with Crippen LogP contribution in [-0.4, -0.2) is 10.2 Å². The number of nitrogens with zero attached hydrogens (tertiary/aromatic N) is 2. The highest BCUT2D eigenvalue weighted by molar-refractivity contribution is 5.73. The van der Waals surface area contributed by atoms with Crippen LogP contribution in [-0.2, 0) is 0 Å². The zero-order chi connectivity index (χ0) is 20.5. The van der Waals surface area contributed by atoms with E-state index >= 15 is 0 Å². The molecule has 0 spiro atoms. The number of rotatable bonds is 3. The van der Waals surface area contributed by atoms with Crippen molar-refractivity contribution in [2.45, 2.75) is 38.0 Å². The fourth-order valence-electron chi connectivity index (χ4n) is 4.90. The van der Waals surface area contributed by atoms with Gasteiger partial charge in [0.05, 0.1) is 16.8 Å². The number of hydrogen-bond donors (Lipinski definition) is 2. The molecule has 1 saturated carbocycles. The number of ether oxygens (including phenoxy) is 1. The first kappa shape index (κ1) is 18.5. The van der Waals surface area contributed by atoms with Gasteiger partial charge in [-0.1, -0.05) is 73.9 Å². The molecule has 5 nitrogen and oxygen atoms in total. The molecule has 150 valence electrons. The molecule has 0 bridgehead atoms. The highest BCUT2D eigenvalue weighted by Gasteiger charge is 2.39. The van der Waals surface area contributed by atoms with Crippen LogP contribution in [0.1, 0.15) is 43.6 Å². The minimum absolute atomic E-state index is 0.0680. The van der Waals surface area contributed by atoms with Crippen LogP contribution < -0.4 is 10.5 Å². The third kappa shape index (κ3) is 3.15. The Hall–Kier alpha value is -3.52. The number of nitrogens with one attached hydrogen (secondary N) is 1. The van der Waals surface area contributed by atoms with Crippen molar-refractivity contribution in [1.29, 1.82) is 5.26 Å². The maximum absolute atomic E-state index is 9.85. The lowest BCUT2D eigenvalue weighted by Gasteiger charge is -2.33. The predicted octanol–water partition coefficient (Wildman–Crippen LogP) is 5.49. The summed E-state index contributed by atoms with van der Waals surface area (Å²) in [7, 11) is 0. The number of hydrogen-bond acceptors (Lipinski definition) is 4. The SMILES string of the molecule is N#CC1=C(N)Oc2n[nH]c(-c3ccc(-c4ccccc4)cc3)c2[C@@H]1C1CCCCC1. The molecule has 2 heterocycles. The van der Waals surface area contributed by atoms with Crippen molar-refractivity contribution < 1.29 is 4.74 Å². The number of benzene rings is 2. The summed E-state index contributed by atoms with van der Waals surface area (Å²) in [5.41, 5.74) is 11.9. The lowest BCUT2D eigenvalue weighted by molar-refractivity contribution is 0.297. The van der Waals surface area contributed by atoms with E-state index in [1.807, 2.05) is 18.2 Å². The summed E-state index contributed by atoms with van der Waals surface area (Å²) < 4.78 is 5.74. The Kier molecular flexibility index (Phi) is 4.76. The van der Waals surface area contributed by atoms with E-state index < -0.39 is 0 Å². The summed E-state index contributed by atoms with van der Waals surface area (Å²) in [4.78, 5) is 0. The average molecular weight is 396 g/mol. The molecule has 2 aromatic carbocycles. The Morgan fingerprint density at radius 1 is 0.933 bits per heavy atom. The summed E-state index contributed by atoms with van der Waals surface area (Å²) in [6.07, 6.45) is 5.83. The second-order valence-electron chi connectivity index (χ2n) is 8.13. The standard InChI is InChI=1S/C25H24N4O/c26-15-20-21(18-9-5-2-6-10-18)22-23(28-29-25(22)30-24(20)27)19-13-11-17(12-14-19)16-7-3-1-4-8-16/h1,3-4,7-8,11-14,18,21H,2,5-6,9-10,27H2,(H,28,29)/t21-/m1/s1. The molecule has 3 N–H and O–H groups in total. The minimum Gasteiger partial charge on any atom is -0.420 e. The van der Waals surface area contributed by atoms with Gasteiger partial charge in [-0.2, -0.15) is 5.26 Å². The van der Waals surface area contributed by atoms with Crippen molar-refractivity contribution in [3.63, 3.8) is 0 Å². The number of nitrogens with two attached hydrogens (primary N) is 1. The zero-order valence-electron chi connectivity index (χ0n) is 16.8. The van der Waals surface area contributed by atoms with Crippen LogP contribution >= 0.6 is 0 Å². The van der Waals surface area contributed by atoms with Crippen molar-refractivity contribution in [1.82, 2.24) is 10.2 Å². The third-order valence-corrected chi connectivity index (χ3v) is 6.39. The first-order chi connectivity index (χ1) is 14.8. The van der Waals surface area contributed by atoms with Crippen molar-refractivity contribution in [2.75, 3.05) is 0 Å². The van der Waals surface area contributed by atoms with E-state index in [1.165, 1.54) is 24.8 Å². The molecule has 1 aliphatic heterocycles. The molecular weight excluding hydrogens is 372 g/mol. The zero-order valence-corrected chi connectivity index (χ0v) is 16.8. The van der Waals surface area contributed by atoms with E-state index in [4.69, 9.17) is 10.5 Å². The van der Waals surface area contributed by atoms with Gasteiger partial charge in [0.1, 0.15) is 6.07 Å².